The first kappa shape index (κ1) is 12.1. The first-order valence-electron chi connectivity index (χ1n) is 5.26. The van der Waals surface area contributed by atoms with Gasteiger partial charge in [0.2, 0.25) is 0 Å². The van der Waals surface area contributed by atoms with Crippen LogP contribution < -0.4 is 0 Å². The van der Waals surface area contributed by atoms with E-state index >= 15 is 0 Å². The normalized spacial score (nSPS) is 11.1. The number of nitro benzene ring substituents is 1. The number of rotatable bonds is 1. The van der Waals surface area contributed by atoms with Gasteiger partial charge in [0, 0.05) is 12.1 Å². The minimum atomic E-state index is -0.481. The Hall–Kier alpha value is -1.98. The summed E-state index contributed by atoms with van der Waals surface area (Å²) < 4.78 is 0. The van der Waals surface area contributed by atoms with Gasteiger partial charge in [0.05, 0.1) is 26.0 Å². The van der Waals surface area contributed by atoms with Crippen molar-refractivity contribution in [2.24, 2.45) is 0 Å². The fraction of sp³-hybridized carbons (Fsp3) is 0. The molecule has 0 saturated heterocycles. The third-order valence-electron chi connectivity index (χ3n) is 2.69. The Labute approximate surface area is 116 Å². The predicted octanol–water partition coefficient (Wildman–Crippen LogP) is 4.00. The molecule has 0 spiro atoms. The highest BCUT2D eigenvalue weighted by molar-refractivity contribution is 6.39. The second kappa shape index (κ2) is 4.29. The third kappa shape index (κ3) is 1.97. The van der Waals surface area contributed by atoms with Crippen molar-refractivity contribution >= 4 is 51.0 Å². The van der Waals surface area contributed by atoms with Crippen LogP contribution >= 0.6 is 23.2 Å². The molecular weight excluding hydrogens is 289 g/mol. The maximum atomic E-state index is 10.7. The molecule has 94 valence electrons. The van der Waals surface area contributed by atoms with Crippen molar-refractivity contribution in [2.45, 2.75) is 0 Å². The van der Waals surface area contributed by atoms with Gasteiger partial charge < -0.3 is 0 Å². The third-order valence-corrected chi connectivity index (χ3v) is 3.30. The molecule has 0 aliphatic rings. The summed E-state index contributed by atoms with van der Waals surface area (Å²) in [5.74, 6) is 0. The van der Waals surface area contributed by atoms with Crippen molar-refractivity contribution in [1.29, 1.82) is 0 Å². The second-order valence-electron chi connectivity index (χ2n) is 3.88. The number of halogens is 2. The Kier molecular flexibility index (Phi) is 2.73. The summed E-state index contributed by atoms with van der Waals surface area (Å²) >= 11 is 12.1. The van der Waals surface area contributed by atoms with E-state index in [1.54, 1.807) is 12.1 Å². The van der Waals surface area contributed by atoms with Crippen molar-refractivity contribution in [3.05, 3.63) is 50.5 Å². The van der Waals surface area contributed by atoms with Gasteiger partial charge in [0.25, 0.3) is 5.69 Å². The van der Waals surface area contributed by atoms with Crippen LogP contribution in [0.3, 0.4) is 0 Å². The summed E-state index contributed by atoms with van der Waals surface area (Å²) in [5.41, 5.74) is 1.81. The van der Waals surface area contributed by atoms with Gasteiger partial charge in [-0.2, -0.15) is 0 Å². The van der Waals surface area contributed by atoms with E-state index in [4.69, 9.17) is 23.2 Å². The highest BCUT2D eigenvalue weighted by Crippen LogP contribution is 2.29. The summed E-state index contributed by atoms with van der Waals surface area (Å²) in [6.45, 7) is 0. The molecule has 19 heavy (non-hydrogen) atoms. The largest absolute Gasteiger partial charge is 0.271 e. The predicted molar refractivity (Wildman–Crippen MR) is 73.7 cm³/mol. The number of hydrogen-bond acceptors (Lipinski definition) is 4. The van der Waals surface area contributed by atoms with Crippen LogP contribution in [-0.4, -0.2) is 14.9 Å². The van der Waals surface area contributed by atoms with E-state index in [1.807, 2.05) is 0 Å². The lowest BCUT2D eigenvalue weighted by molar-refractivity contribution is -0.384. The van der Waals surface area contributed by atoms with E-state index < -0.39 is 4.92 Å². The lowest BCUT2D eigenvalue weighted by Gasteiger charge is -2.04. The summed E-state index contributed by atoms with van der Waals surface area (Å²) in [7, 11) is 0. The van der Waals surface area contributed by atoms with Crippen LogP contribution in [0.4, 0.5) is 5.69 Å². The average Bonchev–Trinajstić information content (AvgIpc) is 2.41. The van der Waals surface area contributed by atoms with E-state index in [0.29, 0.717) is 32.1 Å². The Morgan fingerprint density at radius 2 is 1.53 bits per heavy atom. The molecule has 0 aliphatic heterocycles. The molecular formula is C12H5Cl2N3O2. The van der Waals surface area contributed by atoms with Gasteiger partial charge in [-0.15, -0.1) is 0 Å². The van der Waals surface area contributed by atoms with Gasteiger partial charge in [0.15, 0.2) is 0 Å². The van der Waals surface area contributed by atoms with Crippen molar-refractivity contribution in [3.8, 4) is 0 Å². The first-order valence-corrected chi connectivity index (χ1v) is 6.02. The SMILES string of the molecule is O=[N+]([O-])c1ccc2nc3c(Cl)ccc(Cl)c3nc2c1. The highest BCUT2D eigenvalue weighted by atomic mass is 35.5. The standard InChI is InChI=1S/C12H5Cl2N3O2/c13-7-2-3-8(14)12-11(7)15-9-4-1-6(17(18)19)5-10(9)16-12/h1-5H. The van der Waals surface area contributed by atoms with Gasteiger partial charge in [-0.05, 0) is 18.2 Å². The molecule has 2 aromatic carbocycles. The number of non-ortho nitro benzene ring substituents is 1. The summed E-state index contributed by atoms with van der Waals surface area (Å²) in [5, 5.41) is 11.6. The van der Waals surface area contributed by atoms with Crippen LogP contribution in [0.2, 0.25) is 10.0 Å². The Morgan fingerprint density at radius 3 is 2.11 bits per heavy atom. The molecule has 0 unspecified atom stereocenters. The maximum absolute atomic E-state index is 10.7. The number of hydrogen-bond donors (Lipinski definition) is 0. The minimum absolute atomic E-state index is 0.0423. The smallest absolute Gasteiger partial charge is 0.258 e. The van der Waals surface area contributed by atoms with Gasteiger partial charge in [-0.1, -0.05) is 23.2 Å². The zero-order valence-corrected chi connectivity index (χ0v) is 10.8. The van der Waals surface area contributed by atoms with E-state index in [0.717, 1.165) is 0 Å². The molecule has 0 N–H and O–H groups in total. The number of aromatic nitrogens is 2. The number of benzene rings is 2. The maximum Gasteiger partial charge on any atom is 0.271 e. The Bertz CT molecular complexity index is 836. The average molecular weight is 294 g/mol. The van der Waals surface area contributed by atoms with E-state index in [1.165, 1.54) is 18.2 Å². The van der Waals surface area contributed by atoms with Gasteiger partial charge in [0.1, 0.15) is 11.0 Å². The van der Waals surface area contributed by atoms with Crippen LogP contribution in [0, 0.1) is 10.1 Å². The van der Waals surface area contributed by atoms with Gasteiger partial charge >= 0.3 is 0 Å². The lowest BCUT2D eigenvalue weighted by Crippen LogP contribution is -1.92. The molecule has 3 rings (SSSR count). The summed E-state index contributed by atoms with van der Waals surface area (Å²) in [6.07, 6.45) is 0. The van der Waals surface area contributed by atoms with Crippen molar-refractivity contribution < 1.29 is 4.92 Å². The molecule has 0 saturated carbocycles. The van der Waals surface area contributed by atoms with Gasteiger partial charge in [-0.3, -0.25) is 10.1 Å². The van der Waals surface area contributed by atoms with Crippen LogP contribution in [0.25, 0.3) is 22.1 Å². The zero-order valence-electron chi connectivity index (χ0n) is 9.30. The number of fused-ring (bicyclic) bond motifs is 2. The molecule has 0 bridgehead atoms. The topological polar surface area (TPSA) is 68.9 Å². The fourth-order valence-corrected chi connectivity index (χ4v) is 2.18. The van der Waals surface area contributed by atoms with Crippen molar-refractivity contribution in [1.82, 2.24) is 9.97 Å². The Balaban J connectivity index is 2.42. The molecule has 0 amide bonds. The highest BCUT2D eigenvalue weighted by Gasteiger charge is 2.12. The lowest BCUT2D eigenvalue weighted by atomic mass is 10.2. The fourth-order valence-electron chi connectivity index (χ4n) is 1.79. The summed E-state index contributed by atoms with van der Waals surface area (Å²) in [4.78, 5) is 18.9. The second-order valence-corrected chi connectivity index (χ2v) is 4.69. The molecule has 5 nitrogen and oxygen atoms in total. The zero-order chi connectivity index (χ0) is 13.6. The number of nitrogens with zero attached hydrogens (tertiary/aromatic N) is 3. The molecule has 7 heteroatoms. The van der Waals surface area contributed by atoms with Crippen molar-refractivity contribution in [3.63, 3.8) is 0 Å². The minimum Gasteiger partial charge on any atom is -0.258 e. The van der Waals surface area contributed by atoms with E-state index in [-0.39, 0.29) is 5.69 Å². The van der Waals surface area contributed by atoms with E-state index in [2.05, 4.69) is 9.97 Å². The molecule has 1 aromatic heterocycles. The van der Waals surface area contributed by atoms with Crippen LogP contribution in [-0.2, 0) is 0 Å². The monoisotopic (exact) mass is 293 g/mol. The van der Waals surface area contributed by atoms with Crippen LogP contribution in [0.5, 0.6) is 0 Å². The van der Waals surface area contributed by atoms with Crippen molar-refractivity contribution in [2.75, 3.05) is 0 Å². The van der Waals surface area contributed by atoms with Gasteiger partial charge in [-0.25, -0.2) is 9.97 Å². The molecule has 3 aromatic rings. The molecule has 0 fully saturated rings. The first-order chi connectivity index (χ1) is 9.06. The molecule has 1 heterocycles. The van der Waals surface area contributed by atoms with Crippen LogP contribution in [0.1, 0.15) is 0 Å². The van der Waals surface area contributed by atoms with Crippen LogP contribution in [0.15, 0.2) is 30.3 Å². The van der Waals surface area contributed by atoms with E-state index in [9.17, 15) is 10.1 Å². The number of nitro groups is 1. The molecule has 0 aliphatic carbocycles. The molecule has 0 radical (unpaired) electrons. The molecule has 0 atom stereocenters. The summed E-state index contributed by atoms with van der Waals surface area (Å²) in [6, 6.07) is 7.53. The Morgan fingerprint density at radius 1 is 0.947 bits per heavy atom. The quantitative estimate of drug-likeness (QED) is 0.386.